The molecule has 0 radical (unpaired) electrons. The van der Waals surface area contributed by atoms with E-state index in [1.54, 1.807) is 6.20 Å². The number of H-pyrrole nitrogens is 1. The van der Waals surface area contributed by atoms with Gasteiger partial charge in [-0.15, -0.1) is 0 Å². The number of nitrogens with one attached hydrogen (secondary N) is 1. The van der Waals surface area contributed by atoms with Gasteiger partial charge in [-0.05, 0) is 6.42 Å². The summed E-state index contributed by atoms with van der Waals surface area (Å²) in [5.41, 5.74) is 6.72. The number of hydrogen-bond donors (Lipinski definition) is 2. The third-order valence-electron chi connectivity index (χ3n) is 1.93. The van der Waals surface area contributed by atoms with Gasteiger partial charge in [0.05, 0.1) is 17.9 Å². The summed E-state index contributed by atoms with van der Waals surface area (Å²) in [4.78, 5) is 0. The minimum absolute atomic E-state index is 0.0512. The molecular weight excluding hydrogens is 152 g/mol. The Balaban J connectivity index is 2.25. The molecule has 0 bridgehead atoms. The number of nitrogens with zero attached hydrogens (tertiary/aromatic N) is 2. The second-order valence-corrected chi connectivity index (χ2v) is 3.00. The monoisotopic (exact) mass is 168 g/mol. The molecule has 0 aliphatic heterocycles. The van der Waals surface area contributed by atoms with Crippen LogP contribution >= 0.6 is 0 Å². The van der Waals surface area contributed by atoms with Crippen LogP contribution in [0.3, 0.4) is 0 Å². The second-order valence-electron chi connectivity index (χ2n) is 3.00. The standard InChI is InChI=1S/C8H16N4/c1-2-3-4-5-7(9)8-6-10-12-11-8/h6-7H,2-5,9H2,1H3,(H,10,11,12). The molecule has 1 aromatic rings. The molecule has 0 fully saturated rings. The molecule has 1 rings (SSSR count). The lowest BCUT2D eigenvalue weighted by molar-refractivity contribution is 0.569. The first kappa shape index (κ1) is 9.19. The molecule has 12 heavy (non-hydrogen) atoms. The molecule has 1 heterocycles. The van der Waals surface area contributed by atoms with Crippen molar-refractivity contribution in [3.63, 3.8) is 0 Å². The number of rotatable bonds is 5. The Hall–Kier alpha value is -0.900. The fourth-order valence-electron chi connectivity index (χ4n) is 1.15. The quantitative estimate of drug-likeness (QED) is 0.653. The predicted molar refractivity (Wildman–Crippen MR) is 47.5 cm³/mol. The lowest BCUT2D eigenvalue weighted by atomic mass is 10.1. The molecule has 1 unspecified atom stereocenters. The highest BCUT2D eigenvalue weighted by Gasteiger charge is 2.07. The number of hydrogen-bond acceptors (Lipinski definition) is 3. The van der Waals surface area contributed by atoms with Gasteiger partial charge in [-0.1, -0.05) is 26.2 Å². The maximum atomic E-state index is 5.86. The molecule has 4 nitrogen and oxygen atoms in total. The van der Waals surface area contributed by atoms with Gasteiger partial charge in [0.15, 0.2) is 0 Å². The van der Waals surface area contributed by atoms with E-state index in [1.807, 2.05) is 0 Å². The van der Waals surface area contributed by atoms with Crippen molar-refractivity contribution in [2.75, 3.05) is 0 Å². The first-order chi connectivity index (χ1) is 5.84. The molecule has 4 heteroatoms. The molecule has 0 saturated carbocycles. The Morgan fingerprint density at radius 1 is 1.58 bits per heavy atom. The van der Waals surface area contributed by atoms with Gasteiger partial charge in [-0.25, -0.2) is 0 Å². The lowest BCUT2D eigenvalue weighted by Crippen LogP contribution is -2.10. The third kappa shape index (κ3) is 2.62. The minimum atomic E-state index is 0.0512. The van der Waals surface area contributed by atoms with Crippen LogP contribution < -0.4 is 5.73 Å². The van der Waals surface area contributed by atoms with Crippen LogP contribution in [-0.2, 0) is 0 Å². The molecular formula is C8H16N4. The van der Waals surface area contributed by atoms with Gasteiger partial charge in [0, 0.05) is 0 Å². The molecule has 0 aliphatic carbocycles. The smallest absolute Gasteiger partial charge is 0.0991 e. The summed E-state index contributed by atoms with van der Waals surface area (Å²) in [5, 5.41) is 10.2. The van der Waals surface area contributed by atoms with Crippen LogP contribution in [0, 0.1) is 0 Å². The van der Waals surface area contributed by atoms with E-state index in [4.69, 9.17) is 5.73 Å². The lowest BCUT2D eigenvalue weighted by Gasteiger charge is -2.06. The van der Waals surface area contributed by atoms with Crippen LogP contribution in [0.5, 0.6) is 0 Å². The SMILES string of the molecule is CCCCCC(N)c1cn[nH]n1. The highest BCUT2D eigenvalue weighted by atomic mass is 15.3. The van der Waals surface area contributed by atoms with Crippen LogP contribution in [-0.4, -0.2) is 15.4 Å². The van der Waals surface area contributed by atoms with Crippen LogP contribution in [0.1, 0.15) is 44.3 Å². The first-order valence-corrected chi connectivity index (χ1v) is 4.46. The normalized spacial score (nSPS) is 13.2. The summed E-state index contributed by atoms with van der Waals surface area (Å²) in [6.07, 6.45) is 6.33. The molecule has 1 aromatic heterocycles. The molecule has 68 valence electrons. The predicted octanol–water partition coefficient (Wildman–Crippen LogP) is 1.38. The summed E-state index contributed by atoms with van der Waals surface area (Å²) < 4.78 is 0. The van der Waals surface area contributed by atoms with E-state index in [0.29, 0.717) is 0 Å². The zero-order valence-corrected chi connectivity index (χ0v) is 7.45. The summed E-state index contributed by atoms with van der Waals surface area (Å²) in [5.74, 6) is 0. The van der Waals surface area contributed by atoms with Gasteiger partial charge >= 0.3 is 0 Å². The Morgan fingerprint density at radius 2 is 2.42 bits per heavy atom. The van der Waals surface area contributed by atoms with Gasteiger partial charge in [-0.2, -0.15) is 15.4 Å². The Labute approximate surface area is 72.5 Å². The maximum Gasteiger partial charge on any atom is 0.0991 e. The maximum absolute atomic E-state index is 5.86. The molecule has 0 spiro atoms. The van der Waals surface area contributed by atoms with E-state index in [-0.39, 0.29) is 6.04 Å². The number of unbranched alkanes of at least 4 members (excludes halogenated alkanes) is 2. The summed E-state index contributed by atoms with van der Waals surface area (Å²) in [6.45, 7) is 2.18. The highest BCUT2D eigenvalue weighted by molar-refractivity contribution is 4.97. The summed E-state index contributed by atoms with van der Waals surface area (Å²) in [7, 11) is 0. The van der Waals surface area contributed by atoms with Crippen molar-refractivity contribution >= 4 is 0 Å². The largest absolute Gasteiger partial charge is 0.323 e. The average Bonchev–Trinajstić information content (AvgIpc) is 2.56. The molecule has 0 aliphatic rings. The van der Waals surface area contributed by atoms with E-state index in [2.05, 4.69) is 22.3 Å². The number of aromatic amines is 1. The fraction of sp³-hybridized carbons (Fsp3) is 0.750. The van der Waals surface area contributed by atoms with Crippen molar-refractivity contribution in [2.24, 2.45) is 5.73 Å². The van der Waals surface area contributed by atoms with Crippen molar-refractivity contribution in [1.82, 2.24) is 15.4 Å². The summed E-state index contributed by atoms with van der Waals surface area (Å²) in [6, 6.07) is 0.0512. The van der Waals surface area contributed by atoms with E-state index in [1.165, 1.54) is 19.3 Å². The van der Waals surface area contributed by atoms with Crippen molar-refractivity contribution in [1.29, 1.82) is 0 Å². The van der Waals surface area contributed by atoms with Crippen LogP contribution in [0.15, 0.2) is 6.20 Å². The van der Waals surface area contributed by atoms with Crippen molar-refractivity contribution in [3.05, 3.63) is 11.9 Å². The van der Waals surface area contributed by atoms with Gasteiger partial charge in [0.1, 0.15) is 0 Å². The van der Waals surface area contributed by atoms with Gasteiger partial charge in [-0.3, -0.25) is 0 Å². The van der Waals surface area contributed by atoms with Gasteiger partial charge < -0.3 is 5.73 Å². The molecule has 0 saturated heterocycles. The molecule has 1 atom stereocenters. The van der Waals surface area contributed by atoms with Crippen molar-refractivity contribution in [2.45, 2.75) is 38.6 Å². The molecule has 3 N–H and O–H groups in total. The van der Waals surface area contributed by atoms with Crippen LogP contribution in [0.4, 0.5) is 0 Å². The zero-order valence-electron chi connectivity index (χ0n) is 7.45. The zero-order chi connectivity index (χ0) is 8.81. The van der Waals surface area contributed by atoms with Crippen LogP contribution in [0.2, 0.25) is 0 Å². The highest BCUT2D eigenvalue weighted by Crippen LogP contribution is 2.13. The third-order valence-corrected chi connectivity index (χ3v) is 1.93. The molecule has 0 amide bonds. The number of nitrogens with two attached hydrogens (primary N) is 1. The Morgan fingerprint density at radius 3 is 3.00 bits per heavy atom. The van der Waals surface area contributed by atoms with Crippen molar-refractivity contribution < 1.29 is 0 Å². The minimum Gasteiger partial charge on any atom is -0.323 e. The number of aromatic nitrogens is 3. The first-order valence-electron chi connectivity index (χ1n) is 4.46. The van der Waals surface area contributed by atoms with E-state index >= 15 is 0 Å². The molecule has 0 aromatic carbocycles. The Kier molecular flexibility index (Phi) is 3.73. The van der Waals surface area contributed by atoms with Crippen molar-refractivity contribution in [3.8, 4) is 0 Å². The van der Waals surface area contributed by atoms with Gasteiger partial charge in [0.2, 0.25) is 0 Å². The average molecular weight is 168 g/mol. The fourth-order valence-corrected chi connectivity index (χ4v) is 1.15. The Bertz CT molecular complexity index is 195. The second kappa shape index (κ2) is 4.87. The summed E-state index contributed by atoms with van der Waals surface area (Å²) >= 11 is 0. The van der Waals surface area contributed by atoms with E-state index < -0.39 is 0 Å². The topological polar surface area (TPSA) is 67.6 Å². The van der Waals surface area contributed by atoms with E-state index in [0.717, 1.165) is 12.1 Å². The van der Waals surface area contributed by atoms with Crippen LogP contribution in [0.25, 0.3) is 0 Å². The van der Waals surface area contributed by atoms with E-state index in [9.17, 15) is 0 Å². The van der Waals surface area contributed by atoms with Gasteiger partial charge in [0.25, 0.3) is 0 Å².